The molecule has 1 saturated heterocycles. The van der Waals surface area contributed by atoms with Crippen LogP contribution in [0.3, 0.4) is 0 Å². The van der Waals surface area contributed by atoms with Crippen LogP contribution in [0.1, 0.15) is 12.8 Å². The number of ether oxygens (including phenoxy) is 2. The molecule has 0 aliphatic carbocycles. The summed E-state index contributed by atoms with van der Waals surface area (Å²) in [5.74, 6) is 0.185. The smallest absolute Gasteiger partial charge is 0.138 e. The average Bonchev–Trinajstić information content (AvgIpc) is 2.28. The van der Waals surface area contributed by atoms with Gasteiger partial charge in [-0.15, -0.1) is 0 Å². The summed E-state index contributed by atoms with van der Waals surface area (Å²) in [6, 6.07) is 0. The second-order valence-corrected chi connectivity index (χ2v) is 4.07. The van der Waals surface area contributed by atoms with E-state index in [1.54, 1.807) is 7.11 Å². The van der Waals surface area contributed by atoms with Gasteiger partial charge in [-0.25, -0.2) is 0 Å². The van der Waals surface area contributed by atoms with E-state index in [4.69, 9.17) is 9.47 Å². The average molecular weight is 231 g/mol. The maximum absolute atomic E-state index is 11.5. The highest BCUT2D eigenvalue weighted by Gasteiger charge is 2.24. The lowest BCUT2D eigenvalue weighted by atomic mass is 9.92. The number of carbonyl (C=O) groups excluding carboxylic acids is 1. The third-order valence-electron chi connectivity index (χ3n) is 2.69. The van der Waals surface area contributed by atoms with E-state index in [9.17, 15) is 9.90 Å². The first-order valence-corrected chi connectivity index (χ1v) is 5.72. The van der Waals surface area contributed by atoms with E-state index >= 15 is 0 Å². The first-order chi connectivity index (χ1) is 7.74. The summed E-state index contributed by atoms with van der Waals surface area (Å²) in [6.45, 7) is 2.71. The number of ketones is 1. The summed E-state index contributed by atoms with van der Waals surface area (Å²) in [6.07, 6.45) is 0.492. The molecule has 1 fully saturated rings. The van der Waals surface area contributed by atoms with Crippen molar-refractivity contribution in [2.45, 2.75) is 18.9 Å². The highest BCUT2D eigenvalue weighted by Crippen LogP contribution is 2.13. The number of nitrogens with one attached hydrogen (secondary N) is 1. The molecule has 0 bridgehead atoms. The van der Waals surface area contributed by atoms with Crippen molar-refractivity contribution >= 4 is 5.78 Å². The highest BCUT2D eigenvalue weighted by atomic mass is 16.5. The molecule has 0 aromatic rings. The van der Waals surface area contributed by atoms with Crippen molar-refractivity contribution in [2.24, 2.45) is 5.92 Å². The maximum Gasteiger partial charge on any atom is 0.138 e. The van der Waals surface area contributed by atoms with Gasteiger partial charge in [0.15, 0.2) is 0 Å². The first-order valence-electron chi connectivity index (χ1n) is 5.72. The van der Waals surface area contributed by atoms with Gasteiger partial charge in [-0.1, -0.05) is 0 Å². The summed E-state index contributed by atoms with van der Waals surface area (Å²) < 4.78 is 10.0. The van der Waals surface area contributed by atoms with Crippen LogP contribution in [-0.2, 0) is 14.3 Å². The predicted octanol–water partition coefficient (Wildman–Crippen LogP) is -0.421. The molecule has 1 rings (SSSR count). The minimum atomic E-state index is -0.564. The number of piperidine rings is 1. The van der Waals surface area contributed by atoms with Crippen molar-refractivity contribution in [1.82, 2.24) is 5.32 Å². The molecule has 2 N–H and O–H groups in total. The van der Waals surface area contributed by atoms with Gasteiger partial charge < -0.3 is 19.9 Å². The quantitative estimate of drug-likeness (QED) is 0.582. The number of Topliss-reactive ketones (excluding diaryl/α,β-unsaturated/α-hetero) is 1. The topological polar surface area (TPSA) is 67.8 Å². The lowest BCUT2D eigenvalue weighted by Crippen LogP contribution is -2.39. The van der Waals surface area contributed by atoms with Gasteiger partial charge >= 0.3 is 0 Å². The fourth-order valence-corrected chi connectivity index (χ4v) is 1.78. The van der Waals surface area contributed by atoms with E-state index in [1.165, 1.54) is 0 Å². The molecule has 0 aromatic carbocycles. The molecular weight excluding hydrogens is 210 g/mol. The summed E-state index contributed by atoms with van der Waals surface area (Å²) in [4.78, 5) is 11.5. The fraction of sp³-hybridized carbons (Fsp3) is 0.909. The largest absolute Gasteiger partial charge is 0.391 e. The van der Waals surface area contributed by atoms with Gasteiger partial charge in [0.25, 0.3) is 0 Å². The molecule has 2 unspecified atom stereocenters. The number of methoxy groups -OCH3 is 1. The van der Waals surface area contributed by atoms with Crippen LogP contribution in [0.25, 0.3) is 0 Å². The Morgan fingerprint density at radius 3 is 3.06 bits per heavy atom. The van der Waals surface area contributed by atoms with E-state index in [0.29, 0.717) is 32.6 Å². The maximum atomic E-state index is 11.5. The van der Waals surface area contributed by atoms with Crippen LogP contribution in [0.4, 0.5) is 0 Å². The van der Waals surface area contributed by atoms with Crippen LogP contribution < -0.4 is 5.32 Å². The van der Waals surface area contributed by atoms with Crippen LogP contribution in [0.15, 0.2) is 0 Å². The van der Waals surface area contributed by atoms with E-state index in [0.717, 1.165) is 6.54 Å². The summed E-state index contributed by atoms with van der Waals surface area (Å²) in [5.41, 5.74) is 0. The van der Waals surface area contributed by atoms with E-state index in [-0.39, 0.29) is 18.3 Å². The molecule has 0 spiro atoms. The monoisotopic (exact) mass is 231 g/mol. The second kappa shape index (κ2) is 7.73. The van der Waals surface area contributed by atoms with Gasteiger partial charge in [-0.05, 0) is 6.42 Å². The normalized spacial score (nSPS) is 23.4. The Hall–Kier alpha value is -0.490. The van der Waals surface area contributed by atoms with Crippen molar-refractivity contribution in [3.05, 3.63) is 0 Å². The lowest BCUT2D eigenvalue weighted by molar-refractivity contribution is -0.125. The number of hydrogen-bond donors (Lipinski definition) is 2. The predicted molar refractivity (Wildman–Crippen MR) is 59.3 cm³/mol. The molecule has 5 heteroatoms. The SMILES string of the molecule is COCCOCC(O)CC1CNCCC1=O. The Balaban J connectivity index is 2.12. The van der Waals surface area contributed by atoms with Crippen LogP contribution in [0, 0.1) is 5.92 Å². The molecule has 0 saturated carbocycles. The number of rotatable bonds is 7. The molecule has 2 atom stereocenters. The molecule has 1 heterocycles. The second-order valence-electron chi connectivity index (χ2n) is 4.07. The van der Waals surface area contributed by atoms with Crippen LogP contribution in [0.2, 0.25) is 0 Å². The van der Waals surface area contributed by atoms with E-state index < -0.39 is 6.10 Å². The van der Waals surface area contributed by atoms with Gasteiger partial charge in [-0.2, -0.15) is 0 Å². The molecule has 5 nitrogen and oxygen atoms in total. The number of aliphatic hydroxyl groups is 1. The lowest BCUT2D eigenvalue weighted by Gasteiger charge is -2.23. The summed E-state index contributed by atoms with van der Waals surface area (Å²) in [5, 5.41) is 12.8. The molecular formula is C11H21NO4. The molecule has 0 radical (unpaired) electrons. The molecule has 16 heavy (non-hydrogen) atoms. The summed E-state index contributed by atoms with van der Waals surface area (Å²) >= 11 is 0. The van der Waals surface area contributed by atoms with Gasteiger partial charge in [0.05, 0.1) is 25.9 Å². The van der Waals surface area contributed by atoms with Gasteiger partial charge in [-0.3, -0.25) is 4.79 Å². The van der Waals surface area contributed by atoms with Crippen LogP contribution in [0.5, 0.6) is 0 Å². The number of aliphatic hydroxyl groups excluding tert-OH is 1. The summed E-state index contributed by atoms with van der Waals surface area (Å²) in [7, 11) is 1.60. The van der Waals surface area contributed by atoms with Gasteiger partial charge in [0, 0.05) is 32.5 Å². The number of hydrogen-bond acceptors (Lipinski definition) is 5. The zero-order chi connectivity index (χ0) is 11.8. The Morgan fingerprint density at radius 2 is 2.38 bits per heavy atom. The van der Waals surface area contributed by atoms with Crippen molar-refractivity contribution in [3.63, 3.8) is 0 Å². The van der Waals surface area contributed by atoms with Crippen LogP contribution in [-0.4, -0.2) is 57.0 Å². The van der Waals surface area contributed by atoms with Gasteiger partial charge in [0.2, 0.25) is 0 Å². The fourth-order valence-electron chi connectivity index (χ4n) is 1.78. The zero-order valence-electron chi connectivity index (χ0n) is 9.78. The van der Waals surface area contributed by atoms with E-state index in [1.807, 2.05) is 0 Å². The van der Waals surface area contributed by atoms with Crippen molar-refractivity contribution < 1.29 is 19.4 Å². The minimum absolute atomic E-state index is 0.0604. The van der Waals surface area contributed by atoms with Crippen LogP contribution >= 0.6 is 0 Å². The molecule has 0 amide bonds. The minimum Gasteiger partial charge on any atom is -0.391 e. The third-order valence-corrected chi connectivity index (χ3v) is 2.69. The first kappa shape index (κ1) is 13.6. The van der Waals surface area contributed by atoms with Crippen molar-refractivity contribution in [3.8, 4) is 0 Å². The molecule has 0 aromatic heterocycles. The Morgan fingerprint density at radius 1 is 1.56 bits per heavy atom. The zero-order valence-corrected chi connectivity index (χ0v) is 9.78. The molecule has 1 aliphatic rings. The van der Waals surface area contributed by atoms with Crippen molar-refractivity contribution in [2.75, 3.05) is 40.0 Å². The number of carbonyl (C=O) groups is 1. The van der Waals surface area contributed by atoms with Crippen molar-refractivity contribution in [1.29, 1.82) is 0 Å². The standard InChI is InChI=1S/C11H21NO4/c1-15-4-5-16-8-10(13)6-9-7-12-3-2-11(9)14/h9-10,12-13H,2-8H2,1H3. The Bertz CT molecular complexity index is 210. The Labute approximate surface area is 96.1 Å². The Kier molecular flexibility index (Phi) is 6.56. The van der Waals surface area contributed by atoms with E-state index in [2.05, 4.69) is 5.32 Å². The van der Waals surface area contributed by atoms with Gasteiger partial charge in [0.1, 0.15) is 5.78 Å². The highest BCUT2D eigenvalue weighted by molar-refractivity contribution is 5.82. The third kappa shape index (κ3) is 5.03. The molecule has 94 valence electrons. The molecule has 1 aliphatic heterocycles.